The number of halogens is 1. The van der Waals surface area contributed by atoms with Crippen LogP contribution in [0, 0.1) is 0 Å². The Morgan fingerprint density at radius 3 is 2.67 bits per heavy atom. The first-order valence-corrected chi connectivity index (χ1v) is 5.53. The maximum atomic E-state index is 10.7. The van der Waals surface area contributed by atoms with E-state index in [-0.39, 0.29) is 5.69 Å². The number of hydrogen-bond acceptors (Lipinski definition) is 3. The van der Waals surface area contributed by atoms with Crippen molar-refractivity contribution in [3.05, 3.63) is 47.2 Å². The van der Waals surface area contributed by atoms with Gasteiger partial charge in [-0.1, -0.05) is 17.7 Å². The summed E-state index contributed by atoms with van der Waals surface area (Å²) in [7, 11) is 1.57. The Labute approximate surface area is 109 Å². The second kappa shape index (κ2) is 5.06. The second-order valence-electron chi connectivity index (χ2n) is 3.58. The fourth-order valence-corrected chi connectivity index (χ4v) is 1.76. The fourth-order valence-electron chi connectivity index (χ4n) is 1.53. The average molecular weight is 264 g/mol. The number of carbonyl (C=O) groups is 1. The standard InChI is InChI=1S/C13H10ClNO3/c1-18-9-3-4-11(14)10(6-9)8-2-5-12(13(16)17)15-7-8/h2-7H,1H3,(H,16,17). The van der Waals surface area contributed by atoms with Crippen molar-refractivity contribution in [1.29, 1.82) is 0 Å². The van der Waals surface area contributed by atoms with Gasteiger partial charge in [-0.3, -0.25) is 0 Å². The van der Waals surface area contributed by atoms with Crippen molar-refractivity contribution in [3.63, 3.8) is 0 Å². The highest BCUT2D eigenvalue weighted by Crippen LogP contribution is 2.30. The second-order valence-corrected chi connectivity index (χ2v) is 3.99. The van der Waals surface area contributed by atoms with Crippen LogP contribution in [0.4, 0.5) is 0 Å². The Morgan fingerprint density at radius 2 is 2.11 bits per heavy atom. The number of methoxy groups -OCH3 is 1. The maximum Gasteiger partial charge on any atom is 0.354 e. The molecule has 2 rings (SSSR count). The molecule has 92 valence electrons. The molecule has 1 aromatic heterocycles. The molecule has 0 atom stereocenters. The lowest BCUT2D eigenvalue weighted by molar-refractivity contribution is 0.0690. The number of rotatable bonds is 3. The van der Waals surface area contributed by atoms with E-state index < -0.39 is 5.97 Å². The number of ether oxygens (including phenoxy) is 1. The minimum atomic E-state index is -1.06. The lowest BCUT2D eigenvalue weighted by Crippen LogP contribution is -1.99. The molecular formula is C13H10ClNO3. The first kappa shape index (κ1) is 12.4. The predicted molar refractivity (Wildman–Crippen MR) is 68.2 cm³/mol. The topological polar surface area (TPSA) is 59.4 Å². The minimum absolute atomic E-state index is 0.00207. The molecule has 0 aliphatic rings. The number of benzene rings is 1. The molecule has 0 saturated heterocycles. The first-order valence-electron chi connectivity index (χ1n) is 5.15. The molecule has 0 spiro atoms. The summed E-state index contributed by atoms with van der Waals surface area (Å²) in [5.74, 6) is -0.380. The van der Waals surface area contributed by atoms with E-state index in [4.69, 9.17) is 21.4 Å². The van der Waals surface area contributed by atoms with Crippen molar-refractivity contribution in [3.8, 4) is 16.9 Å². The monoisotopic (exact) mass is 263 g/mol. The van der Waals surface area contributed by atoms with Gasteiger partial charge in [-0.05, 0) is 24.3 Å². The van der Waals surface area contributed by atoms with Crippen LogP contribution in [0.15, 0.2) is 36.5 Å². The van der Waals surface area contributed by atoms with E-state index in [0.717, 1.165) is 11.1 Å². The largest absolute Gasteiger partial charge is 0.497 e. The summed E-state index contributed by atoms with van der Waals surface area (Å²) in [6.45, 7) is 0. The molecule has 0 bridgehead atoms. The highest BCUT2D eigenvalue weighted by molar-refractivity contribution is 6.33. The molecular weight excluding hydrogens is 254 g/mol. The Kier molecular flexibility index (Phi) is 3.48. The average Bonchev–Trinajstić information content (AvgIpc) is 2.39. The van der Waals surface area contributed by atoms with Crippen LogP contribution in [-0.2, 0) is 0 Å². The quantitative estimate of drug-likeness (QED) is 0.924. The van der Waals surface area contributed by atoms with E-state index in [2.05, 4.69) is 4.98 Å². The molecule has 0 aliphatic carbocycles. The van der Waals surface area contributed by atoms with Crippen molar-refractivity contribution in [2.45, 2.75) is 0 Å². The van der Waals surface area contributed by atoms with Gasteiger partial charge in [0, 0.05) is 22.3 Å². The van der Waals surface area contributed by atoms with Gasteiger partial charge in [0.05, 0.1) is 7.11 Å². The Balaban J connectivity index is 2.44. The van der Waals surface area contributed by atoms with E-state index in [9.17, 15) is 4.79 Å². The van der Waals surface area contributed by atoms with Gasteiger partial charge in [0.1, 0.15) is 11.4 Å². The van der Waals surface area contributed by atoms with Crippen LogP contribution in [0.1, 0.15) is 10.5 Å². The van der Waals surface area contributed by atoms with Crippen molar-refractivity contribution in [2.75, 3.05) is 7.11 Å². The maximum absolute atomic E-state index is 10.7. The number of nitrogens with zero attached hydrogens (tertiary/aromatic N) is 1. The molecule has 0 aliphatic heterocycles. The number of carboxylic acids is 1. The molecule has 2 aromatic rings. The van der Waals surface area contributed by atoms with Crippen LogP contribution >= 0.6 is 11.6 Å². The zero-order chi connectivity index (χ0) is 13.1. The van der Waals surface area contributed by atoms with E-state index in [0.29, 0.717) is 10.8 Å². The summed E-state index contributed by atoms with van der Waals surface area (Å²) in [5, 5.41) is 9.33. The zero-order valence-electron chi connectivity index (χ0n) is 9.55. The summed E-state index contributed by atoms with van der Waals surface area (Å²) in [4.78, 5) is 14.6. The van der Waals surface area contributed by atoms with Gasteiger partial charge in [0.25, 0.3) is 0 Å². The molecule has 1 N–H and O–H groups in total. The van der Waals surface area contributed by atoms with E-state index in [1.165, 1.54) is 12.3 Å². The number of hydrogen-bond donors (Lipinski definition) is 1. The van der Waals surface area contributed by atoms with Gasteiger partial charge in [0.2, 0.25) is 0 Å². The third-order valence-electron chi connectivity index (χ3n) is 2.47. The van der Waals surface area contributed by atoms with Crippen LogP contribution in [0.2, 0.25) is 5.02 Å². The van der Waals surface area contributed by atoms with Gasteiger partial charge >= 0.3 is 5.97 Å². The van der Waals surface area contributed by atoms with Gasteiger partial charge < -0.3 is 9.84 Å². The third-order valence-corrected chi connectivity index (χ3v) is 2.80. The summed E-state index contributed by atoms with van der Waals surface area (Å²) in [6.07, 6.45) is 1.48. The minimum Gasteiger partial charge on any atom is -0.497 e. The molecule has 1 heterocycles. The molecule has 0 radical (unpaired) electrons. The van der Waals surface area contributed by atoms with Crippen LogP contribution in [0.5, 0.6) is 5.75 Å². The van der Waals surface area contributed by atoms with Crippen molar-refractivity contribution >= 4 is 17.6 Å². The highest BCUT2D eigenvalue weighted by Gasteiger charge is 2.08. The Hall–Kier alpha value is -2.07. The van der Waals surface area contributed by atoms with Crippen molar-refractivity contribution in [1.82, 2.24) is 4.98 Å². The SMILES string of the molecule is COc1ccc(Cl)c(-c2ccc(C(=O)O)nc2)c1. The predicted octanol–water partition coefficient (Wildman–Crippen LogP) is 3.11. The highest BCUT2D eigenvalue weighted by atomic mass is 35.5. The van der Waals surface area contributed by atoms with Gasteiger partial charge in [-0.15, -0.1) is 0 Å². The van der Waals surface area contributed by atoms with Crippen LogP contribution in [-0.4, -0.2) is 23.2 Å². The van der Waals surface area contributed by atoms with E-state index >= 15 is 0 Å². The summed E-state index contributed by atoms with van der Waals surface area (Å²) in [5.41, 5.74) is 1.49. The van der Waals surface area contributed by atoms with Crippen molar-refractivity contribution < 1.29 is 14.6 Å². The summed E-state index contributed by atoms with van der Waals surface area (Å²) in [6, 6.07) is 8.36. The summed E-state index contributed by atoms with van der Waals surface area (Å²) >= 11 is 6.09. The molecule has 5 heteroatoms. The molecule has 0 amide bonds. The lowest BCUT2D eigenvalue weighted by atomic mass is 10.1. The molecule has 0 unspecified atom stereocenters. The molecule has 4 nitrogen and oxygen atoms in total. The number of aromatic nitrogens is 1. The summed E-state index contributed by atoms with van der Waals surface area (Å²) < 4.78 is 5.12. The Morgan fingerprint density at radius 1 is 1.33 bits per heavy atom. The molecule has 0 fully saturated rings. The number of carboxylic acid groups (broad SMARTS) is 1. The molecule has 0 saturated carbocycles. The Bertz CT molecular complexity index is 581. The van der Waals surface area contributed by atoms with Crippen LogP contribution in [0.3, 0.4) is 0 Å². The van der Waals surface area contributed by atoms with Gasteiger partial charge in [-0.25, -0.2) is 9.78 Å². The first-order chi connectivity index (χ1) is 8.61. The lowest BCUT2D eigenvalue weighted by Gasteiger charge is -2.07. The zero-order valence-corrected chi connectivity index (χ0v) is 10.3. The third kappa shape index (κ3) is 2.43. The smallest absolute Gasteiger partial charge is 0.354 e. The molecule has 18 heavy (non-hydrogen) atoms. The molecule has 1 aromatic carbocycles. The normalized spacial score (nSPS) is 10.1. The van der Waals surface area contributed by atoms with Crippen LogP contribution in [0.25, 0.3) is 11.1 Å². The van der Waals surface area contributed by atoms with Gasteiger partial charge in [0.15, 0.2) is 0 Å². The fraction of sp³-hybridized carbons (Fsp3) is 0.0769. The van der Waals surface area contributed by atoms with Crippen molar-refractivity contribution in [2.24, 2.45) is 0 Å². The van der Waals surface area contributed by atoms with E-state index in [1.54, 1.807) is 31.4 Å². The van der Waals surface area contributed by atoms with E-state index in [1.807, 2.05) is 0 Å². The van der Waals surface area contributed by atoms with Crippen LogP contribution < -0.4 is 4.74 Å². The van der Waals surface area contributed by atoms with Gasteiger partial charge in [-0.2, -0.15) is 0 Å². The number of pyridine rings is 1. The number of aromatic carboxylic acids is 1.